The number of nitriles is 1. The highest BCUT2D eigenvalue weighted by molar-refractivity contribution is 9.10. The highest BCUT2D eigenvalue weighted by atomic mass is 79.9. The van der Waals surface area contributed by atoms with Crippen LogP contribution in [-0.2, 0) is 11.3 Å². The van der Waals surface area contributed by atoms with Crippen molar-refractivity contribution in [1.82, 2.24) is 14.7 Å². The van der Waals surface area contributed by atoms with Gasteiger partial charge in [0.25, 0.3) is 0 Å². The van der Waals surface area contributed by atoms with Gasteiger partial charge in [-0.05, 0) is 46.8 Å². The molecule has 31 heavy (non-hydrogen) atoms. The smallest absolute Gasteiger partial charge is 0.407 e. The van der Waals surface area contributed by atoms with Crippen molar-refractivity contribution in [3.63, 3.8) is 0 Å². The van der Waals surface area contributed by atoms with Gasteiger partial charge in [0.15, 0.2) is 0 Å². The molecule has 2 aliphatic rings. The maximum Gasteiger partial charge on any atom is 0.407 e. The lowest BCUT2D eigenvalue weighted by molar-refractivity contribution is 0.115. The molecule has 2 saturated heterocycles. The van der Waals surface area contributed by atoms with Gasteiger partial charge in [-0.25, -0.2) is 13.9 Å². The number of rotatable bonds is 5. The zero-order valence-corrected chi connectivity index (χ0v) is 18.3. The van der Waals surface area contributed by atoms with E-state index in [1.54, 1.807) is 10.7 Å². The second-order valence-corrected chi connectivity index (χ2v) is 8.57. The van der Waals surface area contributed by atoms with Crippen molar-refractivity contribution >= 4 is 22.0 Å². The molecule has 0 aliphatic carbocycles. The highest BCUT2D eigenvalue weighted by Gasteiger charge is 2.28. The highest BCUT2D eigenvalue weighted by Crippen LogP contribution is 2.38. The van der Waals surface area contributed by atoms with Crippen LogP contribution in [0.3, 0.4) is 0 Å². The second kappa shape index (κ2) is 9.24. The van der Waals surface area contributed by atoms with Crippen LogP contribution in [0.4, 0.5) is 9.18 Å². The number of piperidine rings is 1. The molecular formula is C21H22BrFN4O4. The Kier molecular flexibility index (Phi) is 6.43. The molecular weight excluding hydrogens is 471 g/mol. The van der Waals surface area contributed by atoms with Gasteiger partial charge < -0.3 is 19.5 Å². The van der Waals surface area contributed by atoms with Crippen LogP contribution < -0.4 is 4.74 Å². The molecule has 1 aromatic heterocycles. The van der Waals surface area contributed by atoms with Crippen molar-refractivity contribution in [2.45, 2.75) is 31.9 Å². The van der Waals surface area contributed by atoms with Gasteiger partial charge in [0.05, 0.1) is 18.8 Å². The van der Waals surface area contributed by atoms with Crippen molar-refractivity contribution in [1.29, 1.82) is 5.26 Å². The Morgan fingerprint density at radius 2 is 2.16 bits per heavy atom. The van der Waals surface area contributed by atoms with Gasteiger partial charge in [-0.1, -0.05) is 6.07 Å². The number of hydrogen-bond donors (Lipinski definition) is 1. The molecule has 2 fully saturated rings. The first kappa shape index (κ1) is 21.6. The molecule has 1 amide bonds. The molecule has 3 heterocycles. The Morgan fingerprint density at radius 3 is 2.77 bits per heavy atom. The van der Waals surface area contributed by atoms with E-state index in [-0.39, 0.29) is 17.6 Å². The number of benzene rings is 1. The zero-order valence-electron chi connectivity index (χ0n) is 16.8. The first-order valence-corrected chi connectivity index (χ1v) is 10.9. The van der Waals surface area contributed by atoms with Gasteiger partial charge >= 0.3 is 6.09 Å². The van der Waals surface area contributed by atoms with Gasteiger partial charge in [0, 0.05) is 31.6 Å². The van der Waals surface area contributed by atoms with Crippen LogP contribution in [0, 0.1) is 23.1 Å². The number of ether oxygens (including phenoxy) is 2. The van der Waals surface area contributed by atoms with Gasteiger partial charge in [-0.15, -0.1) is 0 Å². The minimum Gasteiger partial charge on any atom is -0.471 e. The molecule has 10 heteroatoms. The number of aromatic nitrogens is 2. The fourth-order valence-electron chi connectivity index (χ4n) is 3.91. The van der Waals surface area contributed by atoms with Crippen molar-refractivity contribution in [2.24, 2.45) is 5.92 Å². The van der Waals surface area contributed by atoms with Crippen LogP contribution in [0.5, 0.6) is 5.88 Å². The van der Waals surface area contributed by atoms with Gasteiger partial charge in [0.1, 0.15) is 28.2 Å². The molecule has 1 aromatic carbocycles. The van der Waals surface area contributed by atoms with Gasteiger partial charge in [-0.2, -0.15) is 10.4 Å². The molecule has 2 aliphatic heterocycles. The lowest BCUT2D eigenvalue weighted by Crippen LogP contribution is -2.38. The molecule has 0 saturated carbocycles. The van der Waals surface area contributed by atoms with E-state index in [2.05, 4.69) is 15.9 Å². The summed E-state index contributed by atoms with van der Waals surface area (Å²) in [7, 11) is 0. The summed E-state index contributed by atoms with van der Waals surface area (Å²) in [6.07, 6.45) is 1.25. The van der Waals surface area contributed by atoms with Gasteiger partial charge in [0.2, 0.25) is 5.88 Å². The van der Waals surface area contributed by atoms with Crippen LogP contribution in [0.25, 0.3) is 11.3 Å². The summed E-state index contributed by atoms with van der Waals surface area (Å²) in [6.45, 7) is 2.67. The van der Waals surface area contributed by atoms with Crippen LogP contribution >= 0.6 is 15.9 Å². The molecule has 0 spiro atoms. The summed E-state index contributed by atoms with van der Waals surface area (Å²) in [6, 6.07) is 6.21. The summed E-state index contributed by atoms with van der Waals surface area (Å²) in [4.78, 5) is 12.6. The Hall–Kier alpha value is -2.64. The van der Waals surface area contributed by atoms with E-state index in [0.29, 0.717) is 54.5 Å². The normalized spacial score (nSPS) is 19.4. The maximum atomic E-state index is 14.2. The monoisotopic (exact) mass is 492 g/mol. The number of halogens is 2. The van der Waals surface area contributed by atoms with Crippen LogP contribution in [0.1, 0.15) is 24.8 Å². The standard InChI is InChI=1S/C21H22BrFN4O4/c22-18-19(14-1-2-15(10-24)17(23)9-14)25-27(20(18)31-16-5-8-30-12-16)11-13-3-6-26(7-4-13)21(28)29/h1-2,9,13,16H,3-8,11-12H2,(H,28,29)/t16-/m0/s1. The largest absolute Gasteiger partial charge is 0.471 e. The first-order valence-electron chi connectivity index (χ1n) is 10.1. The van der Waals surface area contributed by atoms with E-state index in [9.17, 15) is 9.18 Å². The first-order chi connectivity index (χ1) is 15.0. The van der Waals surface area contributed by atoms with Gasteiger partial charge in [-0.3, -0.25) is 0 Å². The van der Waals surface area contributed by atoms with Crippen molar-refractivity contribution in [2.75, 3.05) is 26.3 Å². The summed E-state index contributed by atoms with van der Waals surface area (Å²) in [5.74, 6) is 0.195. The molecule has 0 radical (unpaired) electrons. The van der Waals surface area contributed by atoms with E-state index in [1.807, 2.05) is 6.07 Å². The Bertz CT molecular complexity index is 1010. The SMILES string of the molecule is N#Cc1ccc(-c2nn(CC3CCN(C(=O)O)CC3)c(O[C@H]3CCOC3)c2Br)cc1F. The molecule has 4 rings (SSSR count). The van der Waals surface area contributed by atoms with Crippen LogP contribution in [0.2, 0.25) is 0 Å². The van der Waals surface area contributed by atoms with Crippen molar-refractivity contribution in [3.05, 3.63) is 34.1 Å². The minimum atomic E-state index is -0.893. The number of likely N-dealkylation sites (tertiary alicyclic amines) is 1. The van der Waals surface area contributed by atoms with Crippen LogP contribution in [-0.4, -0.2) is 58.3 Å². The van der Waals surface area contributed by atoms with Crippen molar-refractivity contribution < 1.29 is 23.8 Å². The number of amides is 1. The quantitative estimate of drug-likeness (QED) is 0.679. The van der Waals surface area contributed by atoms with E-state index in [4.69, 9.17) is 24.9 Å². The predicted octanol–water partition coefficient (Wildman–Crippen LogP) is 3.88. The molecule has 0 bridgehead atoms. The maximum absolute atomic E-state index is 14.2. The number of nitrogens with zero attached hydrogens (tertiary/aromatic N) is 4. The second-order valence-electron chi connectivity index (χ2n) is 7.77. The van der Waals surface area contributed by atoms with E-state index < -0.39 is 11.9 Å². The fraction of sp³-hybridized carbons (Fsp3) is 0.476. The van der Waals surface area contributed by atoms with E-state index in [0.717, 1.165) is 19.3 Å². The summed E-state index contributed by atoms with van der Waals surface area (Å²) < 4.78 is 28.2. The number of carboxylic acid groups (broad SMARTS) is 1. The average molecular weight is 493 g/mol. The number of carbonyl (C=O) groups is 1. The minimum absolute atomic E-state index is 0.0240. The molecule has 1 atom stereocenters. The third-order valence-electron chi connectivity index (χ3n) is 5.70. The number of hydrogen-bond acceptors (Lipinski definition) is 5. The molecule has 2 aromatic rings. The third kappa shape index (κ3) is 4.67. The topological polar surface area (TPSA) is 101 Å². The van der Waals surface area contributed by atoms with Crippen LogP contribution in [0.15, 0.2) is 22.7 Å². The molecule has 8 nitrogen and oxygen atoms in total. The Balaban J connectivity index is 1.61. The van der Waals surface area contributed by atoms with E-state index in [1.165, 1.54) is 17.0 Å². The zero-order chi connectivity index (χ0) is 22.0. The lowest BCUT2D eigenvalue weighted by Gasteiger charge is -2.30. The van der Waals surface area contributed by atoms with Crippen molar-refractivity contribution in [3.8, 4) is 23.2 Å². The average Bonchev–Trinajstić information content (AvgIpc) is 3.38. The molecule has 164 valence electrons. The fourth-order valence-corrected chi connectivity index (χ4v) is 4.52. The molecule has 0 unspecified atom stereocenters. The lowest BCUT2D eigenvalue weighted by atomic mass is 9.97. The summed E-state index contributed by atoms with van der Waals surface area (Å²) in [5.41, 5.74) is 1.04. The Labute approximate surface area is 187 Å². The van der Waals surface area contributed by atoms with E-state index >= 15 is 0 Å². The summed E-state index contributed by atoms with van der Waals surface area (Å²) >= 11 is 3.58. The third-order valence-corrected chi connectivity index (χ3v) is 6.41. The Morgan fingerprint density at radius 1 is 1.39 bits per heavy atom. The predicted molar refractivity (Wildman–Crippen MR) is 112 cm³/mol. The summed E-state index contributed by atoms with van der Waals surface area (Å²) in [5, 5.41) is 22.8. The molecule has 1 N–H and O–H groups in total.